The van der Waals surface area contributed by atoms with Gasteiger partial charge in [-0.2, -0.15) is 0 Å². The van der Waals surface area contributed by atoms with Gasteiger partial charge < -0.3 is 9.64 Å². The summed E-state index contributed by atoms with van der Waals surface area (Å²) in [6.07, 6.45) is -0.497. The molecular weight excluding hydrogens is 364 g/mol. The van der Waals surface area contributed by atoms with Gasteiger partial charge in [0, 0.05) is 13.1 Å². The number of ether oxygens (including phenoxy) is 1. The van der Waals surface area contributed by atoms with Crippen LogP contribution >= 0.6 is 0 Å². The molecule has 0 amide bonds. The monoisotopic (exact) mass is 383 g/mol. The second kappa shape index (κ2) is 7.55. The fraction of sp³-hybridized carbons (Fsp3) is 0.353. The first-order chi connectivity index (χ1) is 12.4. The van der Waals surface area contributed by atoms with Gasteiger partial charge in [-0.3, -0.25) is 0 Å². The molecule has 1 fully saturated rings. The van der Waals surface area contributed by atoms with Crippen molar-refractivity contribution in [2.45, 2.75) is 18.1 Å². The Morgan fingerprint density at radius 2 is 1.81 bits per heavy atom. The van der Waals surface area contributed by atoms with Crippen LogP contribution in [0.15, 0.2) is 47.5 Å². The molecular formula is C17H19F2N3O3S. The fourth-order valence-corrected chi connectivity index (χ4v) is 4.22. The van der Waals surface area contributed by atoms with E-state index in [1.807, 2.05) is 4.90 Å². The van der Waals surface area contributed by atoms with Gasteiger partial charge in [-0.05, 0) is 43.3 Å². The second-order valence-electron chi connectivity index (χ2n) is 5.80. The number of alkyl halides is 1. The van der Waals surface area contributed by atoms with Crippen LogP contribution in [0.3, 0.4) is 0 Å². The first-order valence-corrected chi connectivity index (χ1v) is 9.56. The van der Waals surface area contributed by atoms with Crippen molar-refractivity contribution in [3.05, 3.63) is 48.4 Å². The second-order valence-corrected chi connectivity index (χ2v) is 7.62. The number of hydrogen-bond donors (Lipinski definition) is 0. The van der Waals surface area contributed by atoms with Gasteiger partial charge in [0.15, 0.2) is 6.30 Å². The summed E-state index contributed by atoms with van der Waals surface area (Å²) in [5.74, 6) is 0.100. The summed E-state index contributed by atoms with van der Waals surface area (Å²) in [5.41, 5.74) is 0.0985. The first kappa shape index (κ1) is 18.5. The Hall–Kier alpha value is -2.26. The number of pyridine rings is 1. The third kappa shape index (κ3) is 3.78. The summed E-state index contributed by atoms with van der Waals surface area (Å²) < 4.78 is 58.7. The molecule has 6 nitrogen and oxygen atoms in total. The van der Waals surface area contributed by atoms with Crippen molar-refractivity contribution in [3.63, 3.8) is 0 Å². The summed E-state index contributed by atoms with van der Waals surface area (Å²) in [7, 11) is -4.19. The normalized spacial score (nSPS) is 16.3. The van der Waals surface area contributed by atoms with Crippen LogP contribution < -0.4 is 9.21 Å². The van der Waals surface area contributed by atoms with E-state index in [1.54, 1.807) is 6.07 Å². The molecule has 1 aliphatic heterocycles. The van der Waals surface area contributed by atoms with Crippen LogP contribution in [0.4, 0.5) is 20.3 Å². The minimum absolute atomic E-state index is 0.0985. The Kier molecular flexibility index (Phi) is 5.38. The minimum atomic E-state index is -4.19. The molecule has 140 valence electrons. The summed E-state index contributed by atoms with van der Waals surface area (Å²) >= 11 is 0. The molecule has 1 aromatic heterocycles. The van der Waals surface area contributed by atoms with E-state index >= 15 is 0 Å². The van der Waals surface area contributed by atoms with Crippen LogP contribution in [0.25, 0.3) is 0 Å². The molecule has 3 rings (SSSR count). The van der Waals surface area contributed by atoms with Crippen molar-refractivity contribution < 1.29 is 21.9 Å². The number of anilines is 2. The standard InChI is InChI=1S/C17H19F2N3O3S/c1-13(18)22(26(23,24)16-5-2-14(19)3-6-16)15-4-7-17(20-12-15)21-8-10-25-11-9-21/h2-7,12-13H,8-11H2,1H3. The van der Waals surface area contributed by atoms with E-state index in [4.69, 9.17) is 4.74 Å². The molecule has 2 heterocycles. The highest BCUT2D eigenvalue weighted by atomic mass is 32.2. The lowest BCUT2D eigenvalue weighted by atomic mass is 10.3. The third-order valence-electron chi connectivity index (χ3n) is 4.02. The van der Waals surface area contributed by atoms with Gasteiger partial charge in [0.2, 0.25) is 0 Å². The van der Waals surface area contributed by atoms with Crippen LogP contribution in [0, 0.1) is 5.82 Å². The Morgan fingerprint density at radius 3 is 2.35 bits per heavy atom. The number of hydrogen-bond acceptors (Lipinski definition) is 5. The molecule has 0 spiro atoms. The van der Waals surface area contributed by atoms with Crippen molar-refractivity contribution >= 4 is 21.5 Å². The summed E-state index contributed by atoms with van der Waals surface area (Å²) in [4.78, 5) is 6.08. The Morgan fingerprint density at radius 1 is 1.15 bits per heavy atom. The molecule has 1 aromatic carbocycles. The van der Waals surface area contributed by atoms with Crippen LogP contribution in [-0.4, -0.2) is 46.0 Å². The predicted molar refractivity (Wildman–Crippen MR) is 93.9 cm³/mol. The van der Waals surface area contributed by atoms with E-state index in [1.165, 1.54) is 12.3 Å². The number of rotatable bonds is 5. The third-order valence-corrected chi connectivity index (χ3v) is 5.90. The summed E-state index contributed by atoms with van der Waals surface area (Å²) in [6.45, 7) is 3.68. The highest BCUT2D eigenvalue weighted by Gasteiger charge is 2.30. The van der Waals surface area contributed by atoms with Crippen molar-refractivity contribution in [1.29, 1.82) is 0 Å². The topological polar surface area (TPSA) is 62.7 Å². The van der Waals surface area contributed by atoms with Crippen molar-refractivity contribution in [2.75, 3.05) is 35.5 Å². The van der Waals surface area contributed by atoms with E-state index in [2.05, 4.69) is 4.98 Å². The molecule has 0 saturated carbocycles. The van der Waals surface area contributed by atoms with Crippen LogP contribution in [0.5, 0.6) is 0 Å². The number of benzene rings is 1. The molecule has 0 N–H and O–H groups in total. The molecule has 0 aliphatic carbocycles. The average Bonchev–Trinajstić information content (AvgIpc) is 2.63. The minimum Gasteiger partial charge on any atom is -0.378 e. The maximum Gasteiger partial charge on any atom is 0.266 e. The number of sulfonamides is 1. The van der Waals surface area contributed by atoms with Gasteiger partial charge in [0.05, 0.1) is 30.0 Å². The lowest BCUT2D eigenvalue weighted by molar-refractivity contribution is 0.122. The molecule has 9 heteroatoms. The van der Waals surface area contributed by atoms with Gasteiger partial charge in [-0.15, -0.1) is 0 Å². The molecule has 1 unspecified atom stereocenters. The Labute approximate surface area is 151 Å². The van der Waals surface area contributed by atoms with Gasteiger partial charge in [0.1, 0.15) is 11.6 Å². The predicted octanol–water partition coefficient (Wildman–Crippen LogP) is 2.57. The highest BCUT2D eigenvalue weighted by molar-refractivity contribution is 7.92. The molecule has 26 heavy (non-hydrogen) atoms. The molecule has 1 saturated heterocycles. The zero-order valence-electron chi connectivity index (χ0n) is 14.2. The quantitative estimate of drug-likeness (QED) is 0.743. The maximum atomic E-state index is 14.2. The van der Waals surface area contributed by atoms with Gasteiger partial charge in [-0.1, -0.05) is 0 Å². The van der Waals surface area contributed by atoms with Crippen LogP contribution in [0.1, 0.15) is 6.92 Å². The highest BCUT2D eigenvalue weighted by Crippen LogP contribution is 2.27. The van der Waals surface area contributed by atoms with Gasteiger partial charge in [0.25, 0.3) is 10.0 Å². The van der Waals surface area contributed by atoms with Crippen molar-refractivity contribution in [3.8, 4) is 0 Å². The largest absolute Gasteiger partial charge is 0.378 e. The molecule has 0 radical (unpaired) electrons. The van der Waals surface area contributed by atoms with Gasteiger partial charge >= 0.3 is 0 Å². The van der Waals surface area contributed by atoms with E-state index in [0.717, 1.165) is 31.2 Å². The van der Waals surface area contributed by atoms with Crippen molar-refractivity contribution in [1.82, 2.24) is 4.98 Å². The molecule has 2 aromatic rings. The van der Waals surface area contributed by atoms with E-state index in [-0.39, 0.29) is 10.6 Å². The lowest BCUT2D eigenvalue weighted by Crippen LogP contribution is -2.37. The van der Waals surface area contributed by atoms with Crippen molar-refractivity contribution in [2.24, 2.45) is 0 Å². The number of halogens is 2. The van der Waals surface area contributed by atoms with E-state index in [0.29, 0.717) is 36.4 Å². The summed E-state index contributed by atoms with van der Waals surface area (Å²) in [6, 6.07) is 7.41. The number of nitrogens with zero attached hydrogens (tertiary/aromatic N) is 3. The zero-order chi connectivity index (χ0) is 18.7. The Balaban J connectivity index is 1.91. The average molecular weight is 383 g/mol. The van der Waals surface area contributed by atoms with E-state index < -0.39 is 22.1 Å². The summed E-state index contributed by atoms with van der Waals surface area (Å²) in [5, 5.41) is 0. The smallest absolute Gasteiger partial charge is 0.266 e. The van der Waals surface area contributed by atoms with Crippen LogP contribution in [-0.2, 0) is 14.8 Å². The molecule has 1 atom stereocenters. The van der Waals surface area contributed by atoms with E-state index in [9.17, 15) is 17.2 Å². The Bertz CT molecular complexity index is 837. The molecule has 1 aliphatic rings. The molecule has 0 bridgehead atoms. The SMILES string of the molecule is CC(F)N(c1ccc(N2CCOCC2)nc1)S(=O)(=O)c1ccc(F)cc1. The van der Waals surface area contributed by atoms with Gasteiger partial charge in [-0.25, -0.2) is 26.5 Å². The fourth-order valence-electron chi connectivity index (χ4n) is 2.74. The maximum absolute atomic E-state index is 14.2. The zero-order valence-corrected chi connectivity index (χ0v) is 15.0. The number of aromatic nitrogens is 1. The number of morpholine rings is 1. The lowest BCUT2D eigenvalue weighted by Gasteiger charge is -2.29. The first-order valence-electron chi connectivity index (χ1n) is 8.12. The van der Waals surface area contributed by atoms with Crippen LogP contribution in [0.2, 0.25) is 0 Å².